The minimum Gasteiger partial charge on any atom is -0.309 e. The molecule has 84 valence electrons. The molecule has 0 radical (unpaired) electrons. The Hall–Kier alpha value is -0.0800. The fourth-order valence-electron chi connectivity index (χ4n) is 2.16. The highest BCUT2D eigenvalue weighted by Crippen LogP contribution is 2.12. The van der Waals surface area contributed by atoms with Crippen molar-refractivity contribution in [3.05, 3.63) is 0 Å². The van der Waals surface area contributed by atoms with Crippen molar-refractivity contribution in [1.29, 1.82) is 0 Å². The van der Waals surface area contributed by atoms with Gasteiger partial charge in [-0.25, -0.2) is 0 Å². The summed E-state index contributed by atoms with van der Waals surface area (Å²) >= 11 is 0. The third-order valence-electron chi connectivity index (χ3n) is 2.91. The van der Waals surface area contributed by atoms with Crippen molar-refractivity contribution in [1.82, 2.24) is 10.2 Å². The SMILES string of the molecule is CC(C)CCCN1CCNC(C)(C)C1. The zero-order valence-electron chi connectivity index (χ0n) is 10.3. The first-order chi connectivity index (χ1) is 6.49. The molecule has 1 fully saturated rings. The summed E-state index contributed by atoms with van der Waals surface area (Å²) in [5.74, 6) is 0.853. The van der Waals surface area contributed by atoms with Crippen molar-refractivity contribution < 1.29 is 0 Å². The van der Waals surface area contributed by atoms with Crippen molar-refractivity contribution in [2.45, 2.75) is 46.1 Å². The Balaban J connectivity index is 2.18. The monoisotopic (exact) mass is 198 g/mol. The minimum atomic E-state index is 0.316. The number of nitrogens with zero attached hydrogens (tertiary/aromatic N) is 1. The molecule has 0 aromatic heterocycles. The molecule has 0 amide bonds. The maximum absolute atomic E-state index is 3.55. The van der Waals surface area contributed by atoms with Crippen molar-refractivity contribution in [3.63, 3.8) is 0 Å². The lowest BCUT2D eigenvalue weighted by atomic mass is 10.0. The Morgan fingerprint density at radius 3 is 2.64 bits per heavy atom. The van der Waals surface area contributed by atoms with Crippen LogP contribution in [0.1, 0.15) is 40.5 Å². The van der Waals surface area contributed by atoms with Gasteiger partial charge in [0.2, 0.25) is 0 Å². The summed E-state index contributed by atoms with van der Waals surface area (Å²) in [6.45, 7) is 14.1. The van der Waals surface area contributed by atoms with E-state index >= 15 is 0 Å². The molecule has 1 aliphatic heterocycles. The third kappa shape index (κ3) is 4.43. The van der Waals surface area contributed by atoms with Crippen molar-refractivity contribution in [2.24, 2.45) is 5.92 Å². The number of piperazine rings is 1. The molecule has 1 heterocycles. The number of hydrogen-bond donors (Lipinski definition) is 1. The van der Waals surface area contributed by atoms with Crippen LogP contribution < -0.4 is 5.32 Å². The minimum absolute atomic E-state index is 0.316. The average Bonchev–Trinajstić information content (AvgIpc) is 2.01. The van der Waals surface area contributed by atoms with Gasteiger partial charge in [0.15, 0.2) is 0 Å². The van der Waals surface area contributed by atoms with Crippen LogP contribution in [0.25, 0.3) is 0 Å². The maximum Gasteiger partial charge on any atom is 0.0252 e. The molecule has 0 aromatic carbocycles. The van der Waals surface area contributed by atoms with Gasteiger partial charge >= 0.3 is 0 Å². The van der Waals surface area contributed by atoms with E-state index in [1.54, 1.807) is 0 Å². The summed E-state index contributed by atoms with van der Waals surface area (Å²) in [5.41, 5.74) is 0.316. The second-order valence-electron chi connectivity index (χ2n) is 5.62. The van der Waals surface area contributed by atoms with E-state index in [1.807, 2.05) is 0 Å². The Bertz CT molecular complexity index is 164. The molecule has 1 saturated heterocycles. The second kappa shape index (κ2) is 5.13. The number of hydrogen-bond acceptors (Lipinski definition) is 2. The third-order valence-corrected chi connectivity index (χ3v) is 2.91. The molecule has 1 rings (SSSR count). The van der Waals surface area contributed by atoms with Crippen LogP contribution in [-0.4, -0.2) is 36.6 Å². The molecule has 2 nitrogen and oxygen atoms in total. The Labute approximate surface area is 89.1 Å². The molecule has 0 atom stereocenters. The summed E-state index contributed by atoms with van der Waals surface area (Å²) in [6, 6.07) is 0. The fourth-order valence-corrected chi connectivity index (χ4v) is 2.16. The maximum atomic E-state index is 3.55. The van der Waals surface area contributed by atoms with Gasteiger partial charge in [0.05, 0.1) is 0 Å². The van der Waals surface area contributed by atoms with Gasteiger partial charge in [-0.15, -0.1) is 0 Å². The van der Waals surface area contributed by atoms with E-state index in [9.17, 15) is 0 Å². The molecule has 14 heavy (non-hydrogen) atoms. The van der Waals surface area contributed by atoms with Gasteiger partial charge in [-0.1, -0.05) is 13.8 Å². The molecule has 0 bridgehead atoms. The summed E-state index contributed by atoms with van der Waals surface area (Å²) in [7, 11) is 0. The molecule has 1 N–H and O–H groups in total. The van der Waals surface area contributed by atoms with Crippen molar-refractivity contribution in [3.8, 4) is 0 Å². The number of rotatable bonds is 4. The highest BCUT2D eigenvalue weighted by molar-refractivity contribution is 4.86. The topological polar surface area (TPSA) is 15.3 Å². The van der Waals surface area contributed by atoms with Gasteiger partial charge in [-0.05, 0) is 39.2 Å². The van der Waals surface area contributed by atoms with E-state index in [2.05, 4.69) is 37.9 Å². The number of nitrogens with one attached hydrogen (secondary N) is 1. The van der Waals surface area contributed by atoms with E-state index in [0.717, 1.165) is 12.5 Å². The van der Waals surface area contributed by atoms with Gasteiger partial charge in [-0.3, -0.25) is 0 Å². The summed E-state index contributed by atoms with van der Waals surface area (Å²) in [5, 5.41) is 3.55. The first-order valence-corrected chi connectivity index (χ1v) is 5.97. The zero-order chi connectivity index (χ0) is 10.6. The average molecular weight is 198 g/mol. The van der Waals surface area contributed by atoms with Crippen LogP contribution in [0.5, 0.6) is 0 Å². The van der Waals surface area contributed by atoms with Crippen LogP contribution in [0.15, 0.2) is 0 Å². The lowest BCUT2D eigenvalue weighted by molar-refractivity contribution is 0.151. The summed E-state index contributed by atoms with van der Waals surface area (Å²) in [6.07, 6.45) is 2.72. The molecule has 0 aliphatic carbocycles. The highest BCUT2D eigenvalue weighted by Gasteiger charge is 2.24. The quantitative estimate of drug-likeness (QED) is 0.744. The highest BCUT2D eigenvalue weighted by atomic mass is 15.2. The van der Waals surface area contributed by atoms with E-state index in [1.165, 1.54) is 32.5 Å². The predicted octanol–water partition coefficient (Wildman–Crippen LogP) is 2.11. The Kier molecular flexibility index (Phi) is 4.39. The van der Waals surface area contributed by atoms with Crippen LogP contribution in [-0.2, 0) is 0 Å². The van der Waals surface area contributed by atoms with E-state index in [-0.39, 0.29) is 0 Å². The molecular weight excluding hydrogens is 172 g/mol. The normalized spacial score (nSPS) is 22.9. The lowest BCUT2D eigenvalue weighted by Gasteiger charge is -2.39. The molecular formula is C12H26N2. The van der Waals surface area contributed by atoms with Gasteiger partial charge in [-0.2, -0.15) is 0 Å². The van der Waals surface area contributed by atoms with Gasteiger partial charge in [0.25, 0.3) is 0 Å². The summed E-state index contributed by atoms with van der Waals surface area (Å²) < 4.78 is 0. The van der Waals surface area contributed by atoms with Crippen LogP contribution in [0.2, 0.25) is 0 Å². The molecule has 1 aliphatic rings. The van der Waals surface area contributed by atoms with E-state index in [0.29, 0.717) is 5.54 Å². The standard InChI is InChI=1S/C12H26N2/c1-11(2)6-5-8-14-9-7-13-12(3,4)10-14/h11,13H,5-10H2,1-4H3. The van der Waals surface area contributed by atoms with Crippen LogP contribution >= 0.6 is 0 Å². The lowest BCUT2D eigenvalue weighted by Crippen LogP contribution is -2.57. The first-order valence-electron chi connectivity index (χ1n) is 5.97. The summed E-state index contributed by atoms with van der Waals surface area (Å²) in [4.78, 5) is 2.60. The van der Waals surface area contributed by atoms with Gasteiger partial charge < -0.3 is 10.2 Å². The van der Waals surface area contributed by atoms with Gasteiger partial charge in [0.1, 0.15) is 0 Å². The van der Waals surface area contributed by atoms with Crippen LogP contribution in [0.3, 0.4) is 0 Å². The Morgan fingerprint density at radius 1 is 1.36 bits per heavy atom. The van der Waals surface area contributed by atoms with E-state index < -0.39 is 0 Å². The molecule has 0 spiro atoms. The van der Waals surface area contributed by atoms with Crippen molar-refractivity contribution >= 4 is 0 Å². The molecule has 0 saturated carbocycles. The van der Waals surface area contributed by atoms with Crippen LogP contribution in [0, 0.1) is 5.92 Å². The largest absolute Gasteiger partial charge is 0.309 e. The van der Waals surface area contributed by atoms with E-state index in [4.69, 9.17) is 0 Å². The van der Waals surface area contributed by atoms with Gasteiger partial charge in [0, 0.05) is 25.2 Å². The smallest absolute Gasteiger partial charge is 0.0252 e. The Morgan fingerprint density at radius 2 is 2.07 bits per heavy atom. The molecule has 0 unspecified atom stereocenters. The zero-order valence-corrected chi connectivity index (χ0v) is 10.3. The van der Waals surface area contributed by atoms with Crippen molar-refractivity contribution in [2.75, 3.05) is 26.2 Å². The molecule has 0 aromatic rings. The molecule has 2 heteroatoms. The first kappa shape index (κ1) is 12.0. The predicted molar refractivity (Wildman–Crippen MR) is 62.6 cm³/mol. The second-order valence-corrected chi connectivity index (χ2v) is 5.62. The fraction of sp³-hybridized carbons (Fsp3) is 1.00. The van der Waals surface area contributed by atoms with Crippen LogP contribution in [0.4, 0.5) is 0 Å².